The fourth-order valence-corrected chi connectivity index (χ4v) is 3.53. The highest BCUT2D eigenvalue weighted by Crippen LogP contribution is 2.29. The van der Waals surface area contributed by atoms with Gasteiger partial charge >= 0.3 is 0 Å². The van der Waals surface area contributed by atoms with Crippen molar-refractivity contribution >= 4 is 29.1 Å². The summed E-state index contributed by atoms with van der Waals surface area (Å²) in [5.41, 5.74) is 0.593. The van der Waals surface area contributed by atoms with E-state index in [0.29, 0.717) is 52.6 Å². The van der Waals surface area contributed by atoms with Crippen LogP contribution < -0.4 is 14.2 Å². The number of nitrogens with zero attached hydrogens (tertiary/aromatic N) is 2. The molecule has 1 saturated heterocycles. The molecule has 2 aromatic rings. The first-order valence-corrected chi connectivity index (χ1v) is 10.1. The molecule has 0 bridgehead atoms. The molecular weight excluding hydrogens is 415 g/mol. The molecule has 29 heavy (non-hydrogen) atoms. The summed E-state index contributed by atoms with van der Waals surface area (Å²) < 4.78 is 16.3. The van der Waals surface area contributed by atoms with Crippen molar-refractivity contribution in [2.45, 2.75) is 0 Å². The molecule has 2 aromatic carbocycles. The van der Waals surface area contributed by atoms with E-state index < -0.39 is 0 Å². The molecule has 1 aliphatic heterocycles. The SMILES string of the molecule is COc1ccc(C(=O)N2CCN(CCOc3cc(Cl)ccc3Cl)CC2)cc1OC. The average molecular weight is 439 g/mol. The summed E-state index contributed by atoms with van der Waals surface area (Å²) in [4.78, 5) is 16.9. The second-order valence-corrected chi connectivity index (χ2v) is 7.47. The van der Waals surface area contributed by atoms with Gasteiger partial charge in [-0.15, -0.1) is 0 Å². The van der Waals surface area contributed by atoms with Gasteiger partial charge in [0.15, 0.2) is 11.5 Å². The van der Waals surface area contributed by atoms with Crippen LogP contribution in [0.2, 0.25) is 10.0 Å². The van der Waals surface area contributed by atoms with E-state index in [-0.39, 0.29) is 5.91 Å². The lowest BCUT2D eigenvalue weighted by Crippen LogP contribution is -2.49. The highest BCUT2D eigenvalue weighted by atomic mass is 35.5. The van der Waals surface area contributed by atoms with E-state index in [1.165, 1.54) is 0 Å². The monoisotopic (exact) mass is 438 g/mol. The Labute approximate surface area is 180 Å². The molecule has 1 fully saturated rings. The van der Waals surface area contributed by atoms with Crippen LogP contribution >= 0.6 is 23.2 Å². The maximum atomic E-state index is 12.8. The van der Waals surface area contributed by atoms with Gasteiger partial charge in [-0.05, 0) is 30.3 Å². The lowest BCUT2D eigenvalue weighted by molar-refractivity contribution is 0.0620. The summed E-state index contributed by atoms with van der Waals surface area (Å²) in [5.74, 6) is 1.73. The maximum Gasteiger partial charge on any atom is 0.254 e. The number of amides is 1. The molecule has 0 radical (unpaired) electrons. The summed E-state index contributed by atoms with van der Waals surface area (Å²) in [7, 11) is 3.13. The van der Waals surface area contributed by atoms with E-state index in [9.17, 15) is 4.79 Å². The Morgan fingerprint density at radius 3 is 2.34 bits per heavy atom. The topological polar surface area (TPSA) is 51.2 Å². The van der Waals surface area contributed by atoms with Crippen molar-refractivity contribution in [2.75, 3.05) is 53.6 Å². The normalized spacial score (nSPS) is 14.6. The molecule has 1 amide bonds. The van der Waals surface area contributed by atoms with Crippen molar-refractivity contribution in [1.29, 1.82) is 0 Å². The van der Waals surface area contributed by atoms with Gasteiger partial charge in [-0.1, -0.05) is 23.2 Å². The first-order valence-electron chi connectivity index (χ1n) is 9.33. The van der Waals surface area contributed by atoms with Crippen molar-refractivity contribution in [2.24, 2.45) is 0 Å². The molecule has 0 aromatic heterocycles. The molecule has 1 aliphatic rings. The smallest absolute Gasteiger partial charge is 0.254 e. The van der Waals surface area contributed by atoms with Crippen molar-refractivity contribution in [3.05, 3.63) is 52.0 Å². The van der Waals surface area contributed by atoms with Crippen LogP contribution in [0.25, 0.3) is 0 Å². The number of carbonyl (C=O) groups is 1. The molecule has 8 heteroatoms. The minimum absolute atomic E-state index is 0.00689. The Hall–Kier alpha value is -2.15. The standard InChI is InChI=1S/C21H24Cl2N2O4/c1-27-18-6-3-15(13-20(18)28-2)21(26)25-9-7-24(8-10-25)11-12-29-19-14-16(22)4-5-17(19)23/h3-6,13-14H,7-12H2,1-2H3. The van der Waals surface area contributed by atoms with Crippen LogP contribution in [-0.2, 0) is 0 Å². The van der Waals surface area contributed by atoms with Gasteiger partial charge in [-0.25, -0.2) is 0 Å². The van der Waals surface area contributed by atoms with Gasteiger partial charge in [-0.2, -0.15) is 0 Å². The van der Waals surface area contributed by atoms with Crippen LogP contribution in [0.1, 0.15) is 10.4 Å². The Kier molecular flexibility index (Phi) is 7.47. The quantitative estimate of drug-likeness (QED) is 0.656. The van der Waals surface area contributed by atoms with Gasteiger partial charge in [-0.3, -0.25) is 9.69 Å². The van der Waals surface area contributed by atoms with Crippen LogP contribution in [0.3, 0.4) is 0 Å². The predicted octanol–water partition coefficient (Wildman–Crippen LogP) is 3.85. The zero-order valence-electron chi connectivity index (χ0n) is 16.5. The minimum atomic E-state index is -0.00689. The van der Waals surface area contributed by atoms with Gasteiger partial charge in [0, 0.05) is 49.4 Å². The number of hydrogen-bond acceptors (Lipinski definition) is 5. The highest BCUT2D eigenvalue weighted by molar-refractivity contribution is 6.34. The molecule has 0 unspecified atom stereocenters. The van der Waals surface area contributed by atoms with Crippen LogP contribution in [-0.4, -0.2) is 69.3 Å². The number of piperazine rings is 1. The van der Waals surface area contributed by atoms with E-state index in [1.54, 1.807) is 50.6 Å². The average Bonchev–Trinajstić information content (AvgIpc) is 2.75. The Bertz CT molecular complexity index is 855. The van der Waals surface area contributed by atoms with Crippen molar-refractivity contribution in [3.8, 4) is 17.2 Å². The lowest BCUT2D eigenvalue weighted by atomic mass is 10.1. The molecule has 3 rings (SSSR count). The Balaban J connectivity index is 1.48. The Morgan fingerprint density at radius 2 is 1.66 bits per heavy atom. The van der Waals surface area contributed by atoms with E-state index in [2.05, 4.69) is 4.90 Å². The molecule has 156 valence electrons. The highest BCUT2D eigenvalue weighted by Gasteiger charge is 2.23. The zero-order chi connectivity index (χ0) is 20.8. The second kappa shape index (κ2) is 10.1. The van der Waals surface area contributed by atoms with Crippen molar-refractivity contribution < 1.29 is 19.0 Å². The number of halogens is 2. The lowest BCUT2D eigenvalue weighted by Gasteiger charge is -2.34. The van der Waals surface area contributed by atoms with Gasteiger partial charge in [0.05, 0.1) is 19.2 Å². The van der Waals surface area contributed by atoms with E-state index in [0.717, 1.165) is 19.6 Å². The molecule has 0 spiro atoms. The molecule has 1 heterocycles. The molecule has 0 N–H and O–H groups in total. The van der Waals surface area contributed by atoms with Crippen LogP contribution in [0.4, 0.5) is 0 Å². The zero-order valence-corrected chi connectivity index (χ0v) is 18.0. The summed E-state index contributed by atoms with van der Waals surface area (Å²) >= 11 is 12.1. The second-order valence-electron chi connectivity index (χ2n) is 6.63. The van der Waals surface area contributed by atoms with Gasteiger partial charge in [0.1, 0.15) is 12.4 Å². The van der Waals surface area contributed by atoms with Gasteiger partial charge in [0.25, 0.3) is 5.91 Å². The molecule has 0 saturated carbocycles. The predicted molar refractivity (Wildman–Crippen MR) is 114 cm³/mol. The van der Waals surface area contributed by atoms with Crippen molar-refractivity contribution in [3.63, 3.8) is 0 Å². The van der Waals surface area contributed by atoms with Crippen LogP contribution in [0.15, 0.2) is 36.4 Å². The Morgan fingerprint density at radius 1 is 0.931 bits per heavy atom. The molecule has 6 nitrogen and oxygen atoms in total. The number of carbonyl (C=O) groups excluding carboxylic acids is 1. The largest absolute Gasteiger partial charge is 0.493 e. The van der Waals surface area contributed by atoms with E-state index >= 15 is 0 Å². The number of benzene rings is 2. The third-order valence-electron chi connectivity index (χ3n) is 4.85. The fourth-order valence-electron chi connectivity index (χ4n) is 3.20. The number of hydrogen-bond donors (Lipinski definition) is 0. The van der Waals surface area contributed by atoms with E-state index in [1.807, 2.05) is 4.90 Å². The summed E-state index contributed by atoms with van der Waals surface area (Å²) in [6, 6.07) is 10.4. The van der Waals surface area contributed by atoms with Crippen molar-refractivity contribution in [1.82, 2.24) is 9.80 Å². The minimum Gasteiger partial charge on any atom is -0.493 e. The van der Waals surface area contributed by atoms with E-state index in [4.69, 9.17) is 37.4 Å². The summed E-state index contributed by atoms with van der Waals surface area (Å²) in [6.45, 7) is 4.14. The summed E-state index contributed by atoms with van der Waals surface area (Å²) in [6.07, 6.45) is 0. The van der Waals surface area contributed by atoms with Gasteiger partial charge in [0.2, 0.25) is 0 Å². The summed E-state index contributed by atoms with van der Waals surface area (Å²) in [5, 5.41) is 1.13. The third kappa shape index (κ3) is 5.47. The maximum absolute atomic E-state index is 12.8. The number of methoxy groups -OCH3 is 2. The molecular formula is C21H24Cl2N2O4. The fraction of sp³-hybridized carbons (Fsp3) is 0.381. The molecule has 0 atom stereocenters. The first kappa shape index (κ1) is 21.6. The number of ether oxygens (including phenoxy) is 3. The number of rotatable bonds is 7. The first-order chi connectivity index (χ1) is 14.0. The van der Waals surface area contributed by atoms with Crippen LogP contribution in [0, 0.1) is 0 Å². The van der Waals surface area contributed by atoms with Gasteiger partial charge < -0.3 is 19.1 Å². The molecule has 0 aliphatic carbocycles. The van der Waals surface area contributed by atoms with Crippen LogP contribution in [0.5, 0.6) is 17.2 Å². The third-order valence-corrected chi connectivity index (χ3v) is 5.40.